The minimum Gasteiger partial charge on any atom is -0.497 e. The molecule has 0 saturated carbocycles. The van der Waals surface area contributed by atoms with Gasteiger partial charge in [-0.1, -0.05) is 24.3 Å². The van der Waals surface area contributed by atoms with E-state index in [1.807, 2.05) is 23.1 Å². The number of carbonyl (C=O) groups is 1. The van der Waals surface area contributed by atoms with Crippen molar-refractivity contribution >= 4 is 21.6 Å². The summed E-state index contributed by atoms with van der Waals surface area (Å²) >= 11 is 0. The van der Waals surface area contributed by atoms with Crippen LogP contribution in [-0.4, -0.2) is 40.0 Å². The highest BCUT2D eigenvalue weighted by molar-refractivity contribution is 7.92. The van der Waals surface area contributed by atoms with Crippen molar-refractivity contribution in [2.75, 3.05) is 25.5 Å². The number of hydrogen-bond acceptors (Lipinski definition) is 5. The Labute approximate surface area is 194 Å². The fourth-order valence-corrected chi connectivity index (χ4v) is 5.20. The van der Waals surface area contributed by atoms with E-state index in [1.54, 1.807) is 56.7 Å². The maximum atomic E-state index is 13.4. The number of sulfonamides is 1. The molecule has 33 heavy (non-hydrogen) atoms. The third-order valence-electron chi connectivity index (χ3n) is 5.72. The predicted octanol–water partition coefficient (Wildman–Crippen LogP) is 4.48. The number of ether oxygens (including phenoxy) is 2. The molecule has 3 aromatic rings. The molecule has 0 radical (unpaired) electrons. The highest BCUT2D eigenvalue weighted by Gasteiger charge is 2.33. The lowest BCUT2D eigenvalue weighted by Crippen LogP contribution is -2.30. The van der Waals surface area contributed by atoms with Gasteiger partial charge in [0.1, 0.15) is 11.5 Å². The number of rotatable bonds is 7. The Hall–Kier alpha value is -3.52. The van der Waals surface area contributed by atoms with E-state index in [0.717, 1.165) is 18.4 Å². The second-order valence-electron chi connectivity index (χ2n) is 7.76. The number of amides is 1. The van der Waals surface area contributed by atoms with Gasteiger partial charge in [0.15, 0.2) is 0 Å². The van der Waals surface area contributed by atoms with Crippen LogP contribution in [0.2, 0.25) is 0 Å². The number of anilines is 1. The summed E-state index contributed by atoms with van der Waals surface area (Å²) in [5, 5.41) is 0. The second kappa shape index (κ2) is 9.54. The quantitative estimate of drug-likeness (QED) is 0.555. The van der Waals surface area contributed by atoms with Crippen LogP contribution in [0.3, 0.4) is 0 Å². The summed E-state index contributed by atoms with van der Waals surface area (Å²) in [5.74, 6) is 1.23. The molecular formula is C25H26N2O5S. The molecule has 1 fully saturated rings. The number of carbonyl (C=O) groups excluding carboxylic acids is 1. The van der Waals surface area contributed by atoms with Crippen molar-refractivity contribution in [3.05, 3.63) is 83.9 Å². The van der Waals surface area contributed by atoms with Crippen LogP contribution in [0.1, 0.15) is 34.8 Å². The standard InChI is InChI=1S/C25H26N2O5S/c1-31-20-13-14-24(32-2)22(17-20)23-12-7-15-27(23)25(28)18-8-6-9-19(16-18)26-33(29,30)21-10-4-3-5-11-21/h3-6,8-11,13-14,16-17,23,26H,7,12,15H2,1-2H3/t23-/m0/s1. The summed E-state index contributed by atoms with van der Waals surface area (Å²) in [6.45, 7) is 0.601. The summed E-state index contributed by atoms with van der Waals surface area (Å²) < 4.78 is 38.8. The van der Waals surface area contributed by atoms with E-state index < -0.39 is 10.0 Å². The molecule has 0 aliphatic carbocycles. The van der Waals surface area contributed by atoms with Crippen LogP contribution >= 0.6 is 0 Å². The van der Waals surface area contributed by atoms with Crippen molar-refractivity contribution in [3.63, 3.8) is 0 Å². The highest BCUT2D eigenvalue weighted by Crippen LogP contribution is 2.39. The molecule has 0 spiro atoms. The van der Waals surface area contributed by atoms with E-state index in [1.165, 1.54) is 12.1 Å². The summed E-state index contributed by atoms with van der Waals surface area (Å²) in [7, 11) is -0.542. The van der Waals surface area contributed by atoms with Gasteiger partial charge < -0.3 is 14.4 Å². The SMILES string of the molecule is COc1ccc(OC)c([C@@H]2CCCN2C(=O)c2cccc(NS(=O)(=O)c3ccccc3)c2)c1. The molecule has 8 heteroatoms. The fourth-order valence-electron chi connectivity index (χ4n) is 4.13. The number of benzene rings is 3. The monoisotopic (exact) mass is 466 g/mol. The Morgan fingerprint density at radius 1 is 0.970 bits per heavy atom. The first kappa shape index (κ1) is 22.7. The molecule has 4 rings (SSSR count). The van der Waals surface area contributed by atoms with Crippen LogP contribution in [0.4, 0.5) is 5.69 Å². The van der Waals surface area contributed by atoms with Gasteiger partial charge >= 0.3 is 0 Å². The number of hydrogen-bond donors (Lipinski definition) is 1. The first-order valence-corrected chi connectivity index (χ1v) is 12.1. The van der Waals surface area contributed by atoms with Crippen LogP contribution in [0.5, 0.6) is 11.5 Å². The van der Waals surface area contributed by atoms with Gasteiger partial charge in [0.25, 0.3) is 15.9 Å². The topological polar surface area (TPSA) is 84.9 Å². The fraction of sp³-hybridized carbons (Fsp3) is 0.240. The molecule has 1 aliphatic heterocycles. The molecule has 1 saturated heterocycles. The summed E-state index contributed by atoms with van der Waals surface area (Å²) in [5.41, 5.74) is 1.64. The summed E-state index contributed by atoms with van der Waals surface area (Å²) in [4.78, 5) is 15.4. The lowest BCUT2D eigenvalue weighted by atomic mass is 10.0. The lowest BCUT2D eigenvalue weighted by molar-refractivity contribution is 0.0734. The molecule has 7 nitrogen and oxygen atoms in total. The van der Waals surface area contributed by atoms with Crippen molar-refractivity contribution in [2.24, 2.45) is 0 Å². The first-order chi connectivity index (χ1) is 15.9. The van der Waals surface area contributed by atoms with Gasteiger partial charge in [-0.3, -0.25) is 9.52 Å². The summed E-state index contributed by atoms with van der Waals surface area (Å²) in [6.07, 6.45) is 1.66. The van der Waals surface area contributed by atoms with Gasteiger partial charge in [-0.15, -0.1) is 0 Å². The minimum absolute atomic E-state index is 0.159. The van der Waals surface area contributed by atoms with Crippen molar-refractivity contribution in [2.45, 2.75) is 23.8 Å². The molecule has 0 bridgehead atoms. The van der Waals surface area contributed by atoms with Crippen molar-refractivity contribution in [1.82, 2.24) is 4.90 Å². The molecule has 1 amide bonds. The summed E-state index contributed by atoms with van der Waals surface area (Å²) in [6, 6.07) is 20.1. The van der Waals surface area contributed by atoms with Crippen molar-refractivity contribution < 1.29 is 22.7 Å². The normalized spacial score (nSPS) is 15.8. The van der Waals surface area contributed by atoms with Crippen LogP contribution in [-0.2, 0) is 10.0 Å². The van der Waals surface area contributed by atoms with Gasteiger partial charge in [0.05, 0.1) is 25.2 Å². The maximum absolute atomic E-state index is 13.4. The van der Waals surface area contributed by atoms with Crippen LogP contribution in [0.25, 0.3) is 0 Å². The van der Waals surface area contributed by atoms with Crippen molar-refractivity contribution in [1.29, 1.82) is 0 Å². The van der Waals surface area contributed by atoms with Gasteiger partial charge in [-0.05, 0) is 61.4 Å². The van der Waals surface area contributed by atoms with Crippen LogP contribution in [0.15, 0.2) is 77.7 Å². The Morgan fingerprint density at radius 3 is 2.48 bits per heavy atom. The van der Waals surface area contributed by atoms with E-state index in [0.29, 0.717) is 29.3 Å². The maximum Gasteiger partial charge on any atom is 0.261 e. The van der Waals surface area contributed by atoms with Gasteiger partial charge in [0, 0.05) is 23.4 Å². The molecule has 172 valence electrons. The molecular weight excluding hydrogens is 440 g/mol. The molecule has 1 atom stereocenters. The second-order valence-corrected chi connectivity index (χ2v) is 9.45. The molecule has 0 unspecified atom stereocenters. The number of nitrogens with one attached hydrogen (secondary N) is 1. The third kappa shape index (κ3) is 4.80. The Morgan fingerprint density at radius 2 is 1.76 bits per heavy atom. The van der Waals surface area contributed by atoms with Crippen LogP contribution in [0, 0.1) is 0 Å². The van der Waals surface area contributed by atoms with E-state index in [2.05, 4.69) is 4.72 Å². The molecule has 3 aromatic carbocycles. The zero-order valence-corrected chi connectivity index (χ0v) is 19.3. The zero-order chi connectivity index (χ0) is 23.4. The van der Waals surface area contributed by atoms with E-state index in [9.17, 15) is 13.2 Å². The predicted molar refractivity (Wildman–Crippen MR) is 126 cm³/mol. The largest absolute Gasteiger partial charge is 0.497 e. The highest BCUT2D eigenvalue weighted by atomic mass is 32.2. The van der Waals surface area contributed by atoms with Gasteiger partial charge in [-0.25, -0.2) is 8.42 Å². The molecule has 1 heterocycles. The third-order valence-corrected chi connectivity index (χ3v) is 7.12. The van der Waals surface area contributed by atoms with E-state index >= 15 is 0 Å². The lowest BCUT2D eigenvalue weighted by Gasteiger charge is -2.27. The number of methoxy groups -OCH3 is 2. The van der Waals surface area contributed by atoms with Gasteiger partial charge in [-0.2, -0.15) is 0 Å². The number of nitrogens with zero attached hydrogens (tertiary/aromatic N) is 1. The Balaban J connectivity index is 1.60. The molecule has 0 aromatic heterocycles. The first-order valence-electron chi connectivity index (χ1n) is 10.6. The Kier molecular flexibility index (Phi) is 6.55. The van der Waals surface area contributed by atoms with E-state index in [4.69, 9.17) is 9.47 Å². The molecule has 1 N–H and O–H groups in total. The van der Waals surface area contributed by atoms with Gasteiger partial charge in [0.2, 0.25) is 0 Å². The van der Waals surface area contributed by atoms with Crippen molar-refractivity contribution in [3.8, 4) is 11.5 Å². The zero-order valence-electron chi connectivity index (χ0n) is 18.5. The number of likely N-dealkylation sites (tertiary alicyclic amines) is 1. The van der Waals surface area contributed by atoms with Crippen LogP contribution < -0.4 is 14.2 Å². The average Bonchev–Trinajstić information content (AvgIpc) is 3.33. The average molecular weight is 467 g/mol. The van der Waals surface area contributed by atoms with E-state index in [-0.39, 0.29) is 16.8 Å². The molecule has 1 aliphatic rings. The minimum atomic E-state index is -3.75. The smallest absolute Gasteiger partial charge is 0.261 e. The Bertz CT molecular complexity index is 1240.